The predicted octanol–water partition coefficient (Wildman–Crippen LogP) is 4.00. The molecule has 1 N–H and O–H groups in total. The number of anilines is 1. The topological polar surface area (TPSA) is 50.2 Å². The molecule has 0 atom stereocenters. The number of imidazole rings is 1. The van der Waals surface area contributed by atoms with Crippen LogP contribution in [0.25, 0.3) is 11.3 Å². The zero-order chi connectivity index (χ0) is 20.5. The fraction of sp³-hybridized carbons (Fsp3) is 0.143. The van der Waals surface area contributed by atoms with Crippen molar-refractivity contribution in [3.8, 4) is 23.6 Å². The van der Waals surface area contributed by atoms with Gasteiger partial charge in [0.15, 0.2) is 0 Å². The summed E-state index contributed by atoms with van der Waals surface area (Å²) in [4.78, 5) is 18.4. The molecule has 2 amide bonds. The molecule has 2 heterocycles. The van der Waals surface area contributed by atoms with E-state index < -0.39 is 23.5 Å². The summed E-state index contributed by atoms with van der Waals surface area (Å²) in [6.45, 7) is 1.06. The number of fused-ring (bicyclic) bond motifs is 1. The first-order valence-corrected chi connectivity index (χ1v) is 8.78. The number of terminal acetylenes is 1. The van der Waals surface area contributed by atoms with Crippen LogP contribution in [0.4, 0.5) is 23.7 Å². The van der Waals surface area contributed by atoms with Gasteiger partial charge in [0, 0.05) is 30.4 Å². The summed E-state index contributed by atoms with van der Waals surface area (Å²) in [6.07, 6.45) is 6.82. The Morgan fingerprint density at radius 2 is 1.93 bits per heavy atom. The standard InChI is InChI=1S/C21H15F3N4O/c1-2-13-9-15(4-6-17(13)23)26-21(29)27-7-8-28-12-25-20(19(28)11-27)16-5-3-14(22)10-18(16)24/h1,3-6,9-10,12H,7-8,11H2,(H,26,29). The van der Waals surface area contributed by atoms with Crippen LogP contribution in [-0.4, -0.2) is 27.0 Å². The molecule has 0 spiro atoms. The Hall–Kier alpha value is -3.73. The van der Waals surface area contributed by atoms with Crippen LogP contribution >= 0.6 is 0 Å². The minimum Gasteiger partial charge on any atom is -0.331 e. The van der Waals surface area contributed by atoms with Gasteiger partial charge in [-0.2, -0.15) is 0 Å². The summed E-state index contributed by atoms with van der Waals surface area (Å²) in [5.41, 5.74) is 1.58. The van der Waals surface area contributed by atoms with Gasteiger partial charge in [0.1, 0.15) is 17.5 Å². The van der Waals surface area contributed by atoms with Crippen LogP contribution in [0.5, 0.6) is 0 Å². The number of aromatic nitrogens is 2. The number of carbonyl (C=O) groups is 1. The zero-order valence-corrected chi connectivity index (χ0v) is 15.1. The molecule has 5 nitrogen and oxygen atoms in total. The number of nitrogens with zero attached hydrogens (tertiary/aromatic N) is 3. The van der Waals surface area contributed by atoms with Crippen molar-refractivity contribution in [2.75, 3.05) is 11.9 Å². The van der Waals surface area contributed by atoms with Gasteiger partial charge in [-0.15, -0.1) is 6.42 Å². The Morgan fingerprint density at radius 3 is 2.69 bits per heavy atom. The van der Waals surface area contributed by atoms with E-state index in [1.54, 1.807) is 6.33 Å². The number of rotatable bonds is 2. The van der Waals surface area contributed by atoms with Crippen LogP contribution in [0.1, 0.15) is 11.3 Å². The van der Waals surface area contributed by atoms with Crippen molar-refractivity contribution in [3.05, 3.63) is 71.4 Å². The number of benzene rings is 2. The number of hydrogen-bond donors (Lipinski definition) is 1. The third-order valence-electron chi connectivity index (χ3n) is 4.74. The van der Waals surface area contributed by atoms with Crippen molar-refractivity contribution < 1.29 is 18.0 Å². The molecule has 0 aliphatic carbocycles. The van der Waals surface area contributed by atoms with Crippen molar-refractivity contribution in [2.24, 2.45) is 0 Å². The van der Waals surface area contributed by atoms with E-state index in [1.807, 2.05) is 4.57 Å². The molecule has 1 aliphatic rings. The fourth-order valence-corrected chi connectivity index (χ4v) is 3.25. The first-order valence-electron chi connectivity index (χ1n) is 8.78. The van der Waals surface area contributed by atoms with Gasteiger partial charge in [-0.05, 0) is 30.3 Å². The van der Waals surface area contributed by atoms with E-state index >= 15 is 0 Å². The second-order valence-electron chi connectivity index (χ2n) is 6.55. The van der Waals surface area contributed by atoms with Gasteiger partial charge in [-0.1, -0.05) is 5.92 Å². The van der Waals surface area contributed by atoms with Gasteiger partial charge in [-0.3, -0.25) is 0 Å². The molecule has 0 saturated carbocycles. The Morgan fingerprint density at radius 1 is 1.10 bits per heavy atom. The van der Waals surface area contributed by atoms with Crippen LogP contribution in [0, 0.1) is 29.8 Å². The van der Waals surface area contributed by atoms with E-state index in [1.165, 1.54) is 29.2 Å². The maximum absolute atomic E-state index is 14.2. The Labute approximate surface area is 164 Å². The van der Waals surface area contributed by atoms with E-state index in [4.69, 9.17) is 6.42 Å². The Bertz CT molecular complexity index is 1150. The second-order valence-corrected chi connectivity index (χ2v) is 6.55. The molecule has 0 unspecified atom stereocenters. The maximum atomic E-state index is 14.2. The normalized spacial score (nSPS) is 13.0. The molecule has 0 radical (unpaired) electrons. The lowest BCUT2D eigenvalue weighted by atomic mass is 10.1. The van der Waals surface area contributed by atoms with Crippen LogP contribution in [0.15, 0.2) is 42.7 Å². The molecule has 3 aromatic rings. The average molecular weight is 396 g/mol. The number of nitrogens with one attached hydrogen (secondary N) is 1. The van der Waals surface area contributed by atoms with Crippen molar-refractivity contribution in [2.45, 2.75) is 13.1 Å². The second kappa shape index (κ2) is 7.36. The molecule has 1 aliphatic heterocycles. The molecule has 8 heteroatoms. The van der Waals surface area contributed by atoms with Crippen molar-refractivity contribution >= 4 is 11.7 Å². The van der Waals surface area contributed by atoms with E-state index in [0.29, 0.717) is 30.2 Å². The monoisotopic (exact) mass is 396 g/mol. The minimum atomic E-state index is -0.721. The number of halogens is 3. The predicted molar refractivity (Wildman–Crippen MR) is 101 cm³/mol. The van der Waals surface area contributed by atoms with Gasteiger partial charge in [-0.25, -0.2) is 22.9 Å². The summed E-state index contributed by atoms with van der Waals surface area (Å²) < 4.78 is 42.8. The van der Waals surface area contributed by atoms with Gasteiger partial charge < -0.3 is 14.8 Å². The molecular formula is C21H15F3N4O. The lowest BCUT2D eigenvalue weighted by molar-refractivity contribution is 0.197. The number of amides is 2. The quantitative estimate of drug-likeness (QED) is 0.666. The third kappa shape index (κ3) is 3.55. The van der Waals surface area contributed by atoms with Gasteiger partial charge in [0.25, 0.3) is 0 Å². The molecule has 0 bridgehead atoms. The summed E-state index contributed by atoms with van der Waals surface area (Å²) >= 11 is 0. The maximum Gasteiger partial charge on any atom is 0.322 e. The number of hydrogen-bond acceptors (Lipinski definition) is 2. The van der Waals surface area contributed by atoms with E-state index in [2.05, 4.69) is 16.2 Å². The lowest BCUT2D eigenvalue weighted by Crippen LogP contribution is -2.40. The highest BCUT2D eigenvalue weighted by Gasteiger charge is 2.25. The minimum absolute atomic E-state index is 0.0496. The molecule has 4 rings (SSSR count). The van der Waals surface area contributed by atoms with Crippen LogP contribution in [-0.2, 0) is 13.1 Å². The number of urea groups is 1. The first kappa shape index (κ1) is 18.6. The summed E-state index contributed by atoms with van der Waals surface area (Å²) in [5.74, 6) is 0.280. The summed E-state index contributed by atoms with van der Waals surface area (Å²) in [7, 11) is 0. The highest BCUT2D eigenvalue weighted by molar-refractivity contribution is 5.89. The van der Waals surface area contributed by atoms with Crippen molar-refractivity contribution in [3.63, 3.8) is 0 Å². The van der Waals surface area contributed by atoms with Crippen molar-refractivity contribution in [1.29, 1.82) is 0 Å². The lowest BCUT2D eigenvalue weighted by Gasteiger charge is -2.29. The van der Waals surface area contributed by atoms with E-state index in [-0.39, 0.29) is 17.7 Å². The smallest absolute Gasteiger partial charge is 0.322 e. The Balaban J connectivity index is 1.56. The molecule has 1 aromatic heterocycles. The molecule has 29 heavy (non-hydrogen) atoms. The highest BCUT2D eigenvalue weighted by Crippen LogP contribution is 2.28. The SMILES string of the molecule is C#Cc1cc(NC(=O)N2CCn3cnc(-c4ccc(F)cc4F)c3C2)ccc1F. The van der Waals surface area contributed by atoms with E-state index in [9.17, 15) is 18.0 Å². The van der Waals surface area contributed by atoms with Crippen LogP contribution in [0.2, 0.25) is 0 Å². The highest BCUT2D eigenvalue weighted by atomic mass is 19.1. The molecule has 0 saturated heterocycles. The van der Waals surface area contributed by atoms with E-state index in [0.717, 1.165) is 12.1 Å². The zero-order valence-electron chi connectivity index (χ0n) is 15.1. The summed E-state index contributed by atoms with van der Waals surface area (Å²) in [6, 6.07) is 6.86. The fourth-order valence-electron chi connectivity index (χ4n) is 3.25. The molecule has 0 fully saturated rings. The molecular weight excluding hydrogens is 381 g/mol. The van der Waals surface area contributed by atoms with Gasteiger partial charge >= 0.3 is 6.03 Å². The van der Waals surface area contributed by atoms with Crippen LogP contribution < -0.4 is 5.32 Å². The van der Waals surface area contributed by atoms with Crippen LogP contribution in [0.3, 0.4) is 0 Å². The van der Waals surface area contributed by atoms with Gasteiger partial charge in [0.05, 0.1) is 29.8 Å². The molecule has 2 aromatic carbocycles. The van der Waals surface area contributed by atoms with Gasteiger partial charge in [0.2, 0.25) is 0 Å². The number of carbonyl (C=O) groups excluding carboxylic acids is 1. The third-order valence-corrected chi connectivity index (χ3v) is 4.74. The average Bonchev–Trinajstić information content (AvgIpc) is 3.12. The first-order chi connectivity index (χ1) is 14.0. The van der Waals surface area contributed by atoms with Crippen molar-refractivity contribution in [1.82, 2.24) is 14.5 Å². The Kier molecular flexibility index (Phi) is 4.72. The summed E-state index contributed by atoms with van der Waals surface area (Å²) in [5, 5.41) is 2.69. The molecule has 146 valence electrons. The largest absolute Gasteiger partial charge is 0.331 e.